The molecule has 0 bridgehead atoms. The smallest absolute Gasteiger partial charge is 0.303 e. The molecule has 0 aliphatic carbocycles. The van der Waals surface area contributed by atoms with Gasteiger partial charge in [-0.2, -0.15) is 0 Å². The summed E-state index contributed by atoms with van der Waals surface area (Å²) in [5, 5.41) is 4.45. The highest BCUT2D eigenvalue weighted by Crippen LogP contribution is 2.45. The van der Waals surface area contributed by atoms with Crippen LogP contribution in [0.4, 0.5) is 5.82 Å². The van der Waals surface area contributed by atoms with Crippen molar-refractivity contribution in [1.29, 1.82) is 0 Å². The Morgan fingerprint density at radius 1 is 0.935 bits per heavy atom. The molecular weight excluding hydrogens is 606 g/mol. The number of hydrogen-bond acceptors (Lipinski definition) is 10. The fourth-order valence-electron chi connectivity index (χ4n) is 6.30. The van der Waals surface area contributed by atoms with Crippen LogP contribution in [0.3, 0.4) is 0 Å². The van der Waals surface area contributed by atoms with Gasteiger partial charge in [0.1, 0.15) is 12.4 Å². The number of nitrogens with zero attached hydrogens (tertiary/aromatic N) is 4. The Kier molecular flexibility index (Phi) is 9.11. The van der Waals surface area contributed by atoms with Crippen LogP contribution in [-0.2, 0) is 33.0 Å². The SMILES string of the molecule is CC(=O)Nc1ncnc2c1ncn2[C@@H]1O[C@H](CO[Si](c2ccccc2)(c2ccccc2)C(C)(C)C)[C@](C)(OC(C)=O)C1OC(C)=O. The second-order valence-electron chi connectivity index (χ2n) is 12.5. The van der Waals surface area contributed by atoms with Gasteiger partial charge in [0.2, 0.25) is 5.91 Å². The average Bonchev–Trinajstić information content (AvgIpc) is 3.52. The lowest BCUT2D eigenvalue weighted by atomic mass is 9.94. The van der Waals surface area contributed by atoms with Gasteiger partial charge in [0.25, 0.3) is 8.32 Å². The summed E-state index contributed by atoms with van der Waals surface area (Å²) in [7, 11) is -3.04. The molecule has 46 heavy (non-hydrogen) atoms. The molecule has 3 heterocycles. The van der Waals surface area contributed by atoms with E-state index in [1.165, 1.54) is 33.4 Å². The third-order valence-corrected chi connectivity index (χ3v) is 13.2. The summed E-state index contributed by atoms with van der Waals surface area (Å²) in [5.41, 5.74) is -0.846. The first kappa shape index (κ1) is 32.9. The maximum absolute atomic E-state index is 12.6. The van der Waals surface area contributed by atoms with Gasteiger partial charge in [-0.3, -0.25) is 19.0 Å². The molecule has 1 aliphatic rings. The highest BCUT2D eigenvalue weighted by atomic mass is 28.4. The Labute approximate surface area is 268 Å². The number of fused-ring (bicyclic) bond motifs is 1. The number of hydrogen-bond donors (Lipinski definition) is 1. The van der Waals surface area contributed by atoms with E-state index in [-0.39, 0.29) is 23.4 Å². The third-order valence-electron chi connectivity index (χ3n) is 8.22. The van der Waals surface area contributed by atoms with Crippen molar-refractivity contribution in [2.75, 3.05) is 11.9 Å². The van der Waals surface area contributed by atoms with Crippen LogP contribution in [0.25, 0.3) is 11.2 Å². The van der Waals surface area contributed by atoms with Crippen LogP contribution >= 0.6 is 0 Å². The quantitative estimate of drug-likeness (QED) is 0.212. The number of carbonyl (C=O) groups is 3. The summed E-state index contributed by atoms with van der Waals surface area (Å²) in [6, 6.07) is 20.3. The van der Waals surface area contributed by atoms with Crippen molar-refractivity contribution in [1.82, 2.24) is 19.5 Å². The summed E-state index contributed by atoms with van der Waals surface area (Å²) in [6.07, 6.45) is -0.271. The Morgan fingerprint density at radius 3 is 2.07 bits per heavy atom. The Bertz CT molecular complexity index is 1690. The number of amides is 1. The molecule has 242 valence electrons. The largest absolute Gasteiger partial charge is 0.453 e. The number of esters is 2. The first-order valence-corrected chi connectivity index (χ1v) is 16.9. The van der Waals surface area contributed by atoms with Crippen LogP contribution in [0.5, 0.6) is 0 Å². The second kappa shape index (κ2) is 12.7. The number of imidazole rings is 1. The lowest BCUT2D eigenvalue weighted by Gasteiger charge is -2.44. The van der Waals surface area contributed by atoms with E-state index in [2.05, 4.69) is 65.3 Å². The van der Waals surface area contributed by atoms with Gasteiger partial charge in [0, 0.05) is 20.8 Å². The lowest BCUT2D eigenvalue weighted by molar-refractivity contribution is -0.181. The molecule has 5 rings (SSSR count). The molecule has 13 heteroatoms. The van der Waals surface area contributed by atoms with Crippen LogP contribution in [0, 0.1) is 0 Å². The molecule has 1 aliphatic heterocycles. The van der Waals surface area contributed by atoms with E-state index in [4.69, 9.17) is 18.6 Å². The fraction of sp³-hybridized carbons (Fsp3) is 0.394. The summed E-state index contributed by atoms with van der Waals surface area (Å²) in [6.45, 7) is 12.1. The number of rotatable bonds is 9. The van der Waals surface area contributed by atoms with Crippen molar-refractivity contribution in [3.63, 3.8) is 0 Å². The molecule has 1 fully saturated rings. The normalized spacial score (nSPS) is 21.6. The summed E-state index contributed by atoms with van der Waals surface area (Å²) in [5.74, 6) is -1.28. The van der Waals surface area contributed by atoms with E-state index in [0.29, 0.717) is 11.2 Å². The zero-order chi connectivity index (χ0) is 33.3. The first-order chi connectivity index (χ1) is 21.8. The number of ether oxygens (including phenoxy) is 3. The minimum atomic E-state index is -3.04. The minimum Gasteiger partial charge on any atom is -0.453 e. The van der Waals surface area contributed by atoms with E-state index in [9.17, 15) is 14.4 Å². The van der Waals surface area contributed by atoms with E-state index in [1.54, 1.807) is 11.5 Å². The lowest BCUT2D eigenvalue weighted by Crippen LogP contribution is -2.67. The van der Waals surface area contributed by atoms with Crippen molar-refractivity contribution < 1.29 is 33.0 Å². The van der Waals surface area contributed by atoms with Crippen LogP contribution in [-0.4, -0.2) is 70.1 Å². The minimum absolute atomic E-state index is 0.00405. The van der Waals surface area contributed by atoms with Gasteiger partial charge in [-0.05, 0) is 22.3 Å². The second-order valence-corrected chi connectivity index (χ2v) is 16.8. The van der Waals surface area contributed by atoms with E-state index >= 15 is 0 Å². The van der Waals surface area contributed by atoms with Gasteiger partial charge in [-0.25, -0.2) is 15.0 Å². The molecular formula is C33H39N5O7Si. The van der Waals surface area contributed by atoms with Crippen LogP contribution in [0.15, 0.2) is 73.3 Å². The van der Waals surface area contributed by atoms with Gasteiger partial charge in [0.15, 0.2) is 34.9 Å². The van der Waals surface area contributed by atoms with Gasteiger partial charge < -0.3 is 24.0 Å². The monoisotopic (exact) mass is 645 g/mol. The van der Waals surface area contributed by atoms with Crippen LogP contribution < -0.4 is 15.7 Å². The van der Waals surface area contributed by atoms with Crippen LogP contribution in [0.1, 0.15) is 54.7 Å². The Hall–Kier alpha value is -4.46. The van der Waals surface area contributed by atoms with Gasteiger partial charge in [-0.15, -0.1) is 0 Å². The highest BCUT2D eigenvalue weighted by Gasteiger charge is 2.61. The molecule has 2 aromatic heterocycles. The molecule has 0 saturated carbocycles. The maximum Gasteiger partial charge on any atom is 0.303 e. The predicted octanol–water partition coefficient (Wildman–Crippen LogP) is 3.51. The number of benzene rings is 2. The van der Waals surface area contributed by atoms with E-state index < -0.39 is 44.3 Å². The summed E-state index contributed by atoms with van der Waals surface area (Å²) in [4.78, 5) is 49.9. The summed E-state index contributed by atoms with van der Waals surface area (Å²) < 4.78 is 27.3. The van der Waals surface area contributed by atoms with E-state index in [0.717, 1.165) is 10.4 Å². The van der Waals surface area contributed by atoms with Gasteiger partial charge in [-0.1, -0.05) is 81.4 Å². The van der Waals surface area contributed by atoms with Crippen molar-refractivity contribution in [3.8, 4) is 0 Å². The van der Waals surface area contributed by atoms with Crippen molar-refractivity contribution in [2.24, 2.45) is 0 Å². The fourth-order valence-corrected chi connectivity index (χ4v) is 10.9. The van der Waals surface area contributed by atoms with Crippen molar-refractivity contribution in [2.45, 2.75) is 77.5 Å². The topological polar surface area (TPSA) is 144 Å². The maximum atomic E-state index is 12.6. The number of carbonyl (C=O) groups excluding carboxylic acids is 3. The first-order valence-electron chi connectivity index (χ1n) is 15.0. The number of anilines is 1. The number of nitrogens with one attached hydrogen (secondary N) is 1. The Balaban J connectivity index is 1.62. The molecule has 2 aromatic carbocycles. The standard InChI is InChI=1S/C33H39N5O7Si/c1-21(39)37-29-27-30(35-19-34-29)38(20-36-27)31-28(43-22(2)40)33(7,45-23(3)41)26(44-31)18-42-46(32(4,5)6,24-14-10-8-11-15-24)25-16-12-9-13-17-25/h8-17,19-20,26,28,31H,18H2,1-7H3,(H,34,35,37,39)/t26-,28?,31-,33+/m1/s1. The third kappa shape index (κ3) is 6.05. The average molecular weight is 646 g/mol. The van der Waals surface area contributed by atoms with Crippen LogP contribution in [0.2, 0.25) is 5.04 Å². The molecule has 4 atom stereocenters. The van der Waals surface area contributed by atoms with Crippen molar-refractivity contribution >= 4 is 53.5 Å². The molecule has 0 radical (unpaired) electrons. The van der Waals surface area contributed by atoms with Crippen molar-refractivity contribution in [3.05, 3.63) is 73.3 Å². The zero-order valence-electron chi connectivity index (χ0n) is 27.0. The molecule has 1 amide bonds. The molecule has 12 nitrogen and oxygen atoms in total. The summed E-state index contributed by atoms with van der Waals surface area (Å²) >= 11 is 0. The molecule has 1 saturated heterocycles. The van der Waals surface area contributed by atoms with Gasteiger partial charge in [0.05, 0.1) is 12.9 Å². The molecule has 1 unspecified atom stereocenters. The number of aromatic nitrogens is 4. The van der Waals surface area contributed by atoms with E-state index in [1.807, 2.05) is 36.4 Å². The highest BCUT2D eigenvalue weighted by molar-refractivity contribution is 6.99. The molecule has 0 spiro atoms. The zero-order valence-corrected chi connectivity index (χ0v) is 28.0. The predicted molar refractivity (Wildman–Crippen MR) is 173 cm³/mol. The molecule has 1 N–H and O–H groups in total. The van der Waals surface area contributed by atoms with Gasteiger partial charge >= 0.3 is 11.9 Å². The molecule has 4 aromatic rings. The Morgan fingerprint density at radius 2 is 1.54 bits per heavy atom.